The number of rotatable bonds is 0. The summed E-state index contributed by atoms with van der Waals surface area (Å²) < 4.78 is 5.43. The van der Waals surface area contributed by atoms with E-state index in [1.807, 2.05) is 6.20 Å². The molecule has 1 aromatic heterocycles. The summed E-state index contributed by atoms with van der Waals surface area (Å²) in [6.45, 7) is 4.71. The van der Waals surface area contributed by atoms with Crippen molar-refractivity contribution in [2.75, 3.05) is 0 Å². The van der Waals surface area contributed by atoms with Crippen LogP contribution < -0.4 is 0 Å². The third-order valence-electron chi connectivity index (χ3n) is 8.67. The number of aromatic nitrogens is 1. The number of allylic oxidation sites excluding steroid dienone is 1. The van der Waals surface area contributed by atoms with Crippen molar-refractivity contribution in [2.45, 2.75) is 64.4 Å². The van der Waals surface area contributed by atoms with Crippen LogP contribution in [0.15, 0.2) is 16.3 Å². The second-order valence-electron chi connectivity index (χ2n) is 9.39. The van der Waals surface area contributed by atoms with E-state index < -0.39 is 5.60 Å². The summed E-state index contributed by atoms with van der Waals surface area (Å²) in [5, 5.41) is 15.1. The first-order valence-electron chi connectivity index (χ1n) is 9.76. The van der Waals surface area contributed by atoms with Gasteiger partial charge in [-0.3, -0.25) is 0 Å². The van der Waals surface area contributed by atoms with Crippen molar-refractivity contribution in [3.8, 4) is 12.3 Å². The zero-order chi connectivity index (χ0) is 17.4. The Kier molecular flexibility index (Phi) is 3.01. The molecule has 3 nitrogen and oxygen atoms in total. The van der Waals surface area contributed by atoms with Crippen LogP contribution in [0.1, 0.15) is 63.7 Å². The zero-order valence-corrected chi connectivity index (χ0v) is 15.2. The molecule has 1 aromatic rings. The molecule has 0 aliphatic heterocycles. The molecule has 3 saturated carbocycles. The van der Waals surface area contributed by atoms with E-state index in [0.29, 0.717) is 17.8 Å². The standard InChI is InChI=1S/C22H27NO2/c1-4-22(24)10-8-18-16-6-5-15-11-19-14(13-23-25-19)12-20(15,2)17(16)7-9-21(18,22)3/h1,11,13,16-18,24H,5-10,12H2,2-3H3/t16-,17-,18-,20+,21+,22+/m0/s1. The fourth-order valence-electron chi connectivity index (χ4n) is 7.14. The van der Waals surface area contributed by atoms with Gasteiger partial charge in [0.1, 0.15) is 5.60 Å². The molecule has 3 fully saturated rings. The van der Waals surface area contributed by atoms with Gasteiger partial charge in [-0.25, -0.2) is 0 Å². The quantitative estimate of drug-likeness (QED) is 0.721. The van der Waals surface area contributed by atoms with Crippen molar-refractivity contribution >= 4 is 6.08 Å². The molecule has 0 amide bonds. The highest BCUT2D eigenvalue weighted by Gasteiger charge is 2.63. The Hall–Kier alpha value is -1.53. The molecule has 1 heterocycles. The lowest BCUT2D eigenvalue weighted by Crippen LogP contribution is -2.54. The molecular weight excluding hydrogens is 310 g/mol. The highest BCUT2D eigenvalue weighted by atomic mass is 16.5. The van der Waals surface area contributed by atoms with Crippen LogP contribution in [-0.2, 0) is 6.42 Å². The Morgan fingerprint density at radius 1 is 1.24 bits per heavy atom. The average Bonchev–Trinajstić information content (AvgIpc) is 3.14. The fourth-order valence-corrected chi connectivity index (χ4v) is 7.14. The van der Waals surface area contributed by atoms with Crippen LogP contribution in [0.25, 0.3) is 6.08 Å². The minimum Gasteiger partial charge on any atom is -0.377 e. The molecule has 0 saturated heterocycles. The van der Waals surface area contributed by atoms with Crippen LogP contribution in [0.4, 0.5) is 0 Å². The molecule has 4 aliphatic carbocycles. The van der Waals surface area contributed by atoms with Gasteiger partial charge in [0.25, 0.3) is 0 Å². The molecule has 6 atom stereocenters. The molecule has 4 aliphatic rings. The third-order valence-corrected chi connectivity index (χ3v) is 8.67. The van der Waals surface area contributed by atoms with Crippen molar-refractivity contribution in [1.82, 2.24) is 5.16 Å². The highest BCUT2D eigenvalue weighted by molar-refractivity contribution is 5.57. The first-order valence-corrected chi connectivity index (χ1v) is 9.76. The van der Waals surface area contributed by atoms with Gasteiger partial charge in [0.15, 0.2) is 5.76 Å². The molecule has 0 aromatic carbocycles. The highest BCUT2D eigenvalue weighted by Crippen LogP contribution is 2.67. The van der Waals surface area contributed by atoms with Gasteiger partial charge in [0, 0.05) is 11.0 Å². The van der Waals surface area contributed by atoms with Crippen LogP contribution in [-0.4, -0.2) is 15.9 Å². The van der Waals surface area contributed by atoms with Crippen molar-refractivity contribution in [3.05, 3.63) is 23.1 Å². The maximum atomic E-state index is 11.1. The Bertz CT molecular complexity index is 801. The van der Waals surface area contributed by atoms with E-state index in [0.717, 1.165) is 44.3 Å². The molecule has 0 spiro atoms. The van der Waals surface area contributed by atoms with Crippen LogP contribution >= 0.6 is 0 Å². The van der Waals surface area contributed by atoms with Gasteiger partial charge in [-0.15, -0.1) is 6.42 Å². The van der Waals surface area contributed by atoms with Crippen LogP contribution in [0.5, 0.6) is 0 Å². The van der Waals surface area contributed by atoms with E-state index in [4.69, 9.17) is 10.9 Å². The lowest BCUT2D eigenvalue weighted by molar-refractivity contribution is -0.0975. The van der Waals surface area contributed by atoms with Gasteiger partial charge in [0.2, 0.25) is 0 Å². The maximum Gasteiger partial charge on any atom is 0.162 e. The van der Waals surface area contributed by atoms with Gasteiger partial charge in [-0.1, -0.05) is 30.5 Å². The molecule has 25 heavy (non-hydrogen) atoms. The van der Waals surface area contributed by atoms with E-state index in [9.17, 15) is 5.11 Å². The Balaban J connectivity index is 1.53. The van der Waals surface area contributed by atoms with E-state index in [-0.39, 0.29) is 10.8 Å². The maximum absolute atomic E-state index is 11.1. The second-order valence-corrected chi connectivity index (χ2v) is 9.39. The summed E-state index contributed by atoms with van der Waals surface area (Å²) >= 11 is 0. The van der Waals surface area contributed by atoms with Crippen LogP contribution in [0, 0.1) is 40.9 Å². The molecule has 0 bridgehead atoms. The molecule has 0 unspecified atom stereocenters. The van der Waals surface area contributed by atoms with Gasteiger partial charge >= 0.3 is 0 Å². The van der Waals surface area contributed by atoms with Crippen molar-refractivity contribution in [3.63, 3.8) is 0 Å². The Labute approximate surface area is 149 Å². The summed E-state index contributed by atoms with van der Waals surface area (Å²) in [4.78, 5) is 0. The largest absolute Gasteiger partial charge is 0.377 e. The normalized spacial score (nSPS) is 47.8. The van der Waals surface area contributed by atoms with Gasteiger partial charge in [-0.05, 0) is 74.2 Å². The lowest BCUT2D eigenvalue weighted by atomic mass is 9.46. The molecule has 132 valence electrons. The summed E-state index contributed by atoms with van der Waals surface area (Å²) in [5.41, 5.74) is 1.99. The molecular formula is C22H27NO2. The fraction of sp³-hybridized carbons (Fsp3) is 0.682. The number of aliphatic hydroxyl groups is 1. The number of hydrogen-bond donors (Lipinski definition) is 1. The molecule has 5 rings (SSSR count). The first-order chi connectivity index (χ1) is 11.9. The summed E-state index contributed by atoms with van der Waals surface area (Å²) in [6, 6.07) is 0. The number of terminal acetylenes is 1. The summed E-state index contributed by atoms with van der Waals surface area (Å²) in [6.07, 6.45) is 17.4. The monoisotopic (exact) mass is 337 g/mol. The van der Waals surface area contributed by atoms with Gasteiger partial charge in [-0.2, -0.15) is 0 Å². The average molecular weight is 337 g/mol. The van der Waals surface area contributed by atoms with Crippen molar-refractivity contribution < 1.29 is 9.63 Å². The van der Waals surface area contributed by atoms with Crippen molar-refractivity contribution in [2.24, 2.45) is 28.6 Å². The Morgan fingerprint density at radius 3 is 2.84 bits per heavy atom. The predicted octanol–water partition coefficient (Wildman–Crippen LogP) is 4.22. The van der Waals surface area contributed by atoms with Crippen molar-refractivity contribution in [1.29, 1.82) is 0 Å². The number of nitrogens with zero attached hydrogens (tertiary/aromatic N) is 1. The van der Waals surface area contributed by atoms with Gasteiger partial charge in [0.05, 0.1) is 6.20 Å². The summed E-state index contributed by atoms with van der Waals surface area (Å²) in [7, 11) is 0. The minimum atomic E-state index is -0.909. The van der Waals surface area contributed by atoms with E-state index in [1.165, 1.54) is 12.0 Å². The van der Waals surface area contributed by atoms with E-state index in [2.05, 4.69) is 31.0 Å². The molecule has 1 N–H and O–H groups in total. The van der Waals surface area contributed by atoms with Gasteiger partial charge < -0.3 is 9.63 Å². The summed E-state index contributed by atoms with van der Waals surface area (Å²) in [5.74, 6) is 5.64. The zero-order valence-electron chi connectivity index (χ0n) is 15.2. The van der Waals surface area contributed by atoms with E-state index in [1.54, 1.807) is 5.57 Å². The molecule has 3 heteroatoms. The predicted molar refractivity (Wildman–Crippen MR) is 96.4 cm³/mol. The smallest absolute Gasteiger partial charge is 0.162 e. The number of hydrogen-bond acceptors (Lipinski definition) is 3. The van der Waals surface area contributed by atoms with Crippen LogP contribution in [0.2, 0.25) is 0 Å². The topological polar surface area (TPSA) is 46.3 Å². The third kappa shape index (κ3) is 1.79. The Morgan fingerprint density at radius 2 is 2.04 bits per heavy atom. The SMILES string of the molecule is C#C[C@@]1(O)CC[C@H]2[C@H]3CCC4=Cc5oncc5C[C@@]4(C)[C@H]3CC[C@]21C. The first kappa shape index (κ1) is 15.7. The minimum absolute atomic E-state index is 0.114. The lowest BCUT2D eigenvalue weighted by Gasteiger charge is -2.58. The number of fused-ring (bicyclic) bond motifs is 6. The second kappa shape index (κ2) is 4.80. The van der Waals surface area contributed by atoms with E-state index >= 15 is 0 Å². The molecule has 0 radical (unpaired) electrons. The van der Waals surface area contributed by atoms with Crippen LogP contribution in [0.3, 0.4) is 0 Å².